The Bertz CT molecular complexity index is 1400. The summed E-state index contributed by atoms with van der Waals surface area (Å²) in [6, 6.07) is 13.8. The first kappa shape index (κ1) is 29.6. The summed E-state index contributed by atoms with van der Waals surface area (Å²) in [5.41, 5.74) is 7.85. The molecule has 2 aliphatic heterocycles. The second kappa shape index (κ2) is 13.9. The van der Waals surface area contributed by atoms with Gasteiger partial charge in [0, 0.05) is 37.5 Å². The SMILES string of the molecule is Cc1cccc2c1N(Cc1ccc(C(=O)O)cc1)CC2[C@H]1C[C@@H](OCC2=CC=CCC2)C[C@@H](COCC2=CCCC=C2)O1. The van der Waals surface area contributed by atoms with Gasteiger partial charge in [0.1, 0.15) is 0 Å². The molecule has 2 aromatic carbocycles. The molecule has 2 aliphatic carbocycles. The predicted molar refractivity (Wildman–Crippen MR) is 170 cm³/mol. The number of anilines is 1. The number of rotatable bonds is 11. The molecular formula is C37H43NO5. The van der Waals surface area contributed by atoms with Crippen molar-refractivity contribution in [2.24, 2.45) is 0 Å². The van der Waals surface area contributed by atoms with Crippen LogP contribution in [-0.2, 0) is 20.8 Å². The van der Waals surface area contributed by atoms with Crippen molar-refractivity contribution < 1.29 is 24.1 Å². The zero-order valence-electron chi connectivity index (χ0n) is 25.1. The molecule has 6 heteroatoms. The minimum atomic E-state index is -0.901. The average molecular weight is 582 g/mol. The maximum Gasteiger partial charge on any atom is 0.335 e. The van der Waals surface area contributed by atoms with Crippen LogP contribution in [-0.4, -0.2) is 55.8 Å². The summed E-state index contributed by atoms with van der Waals surface area (Å²) in [7, 11) is 0. The molecular weight excluding hydrogens is 538 g/mol. The lowest BCUT2D eigenvalue weighted by molar-refractivity contribution is -0.137. The highest BCUT2D eigenvalue weighted by atomic mass is 16.5. The van der Waals surface area contributed by atoms with Crippen molar-refractivity contribution in [3.05, 3.63) is 112 Å². The van der Waals surface area contributed by atoms with Crippen molar-refractivity contribution in [3.63, 3.8) is 0 Å². The lowest BCUT2D eigenvalue weighted by Gasteiger charge is -2.38. The molecule has 0 spiro atoms. The van der Waals surface area contributed by atoms with Crippen LogP contribution in [0.25, 0.3) is 0 Å². The number of carboxylic acids is 1. The monoisotopic (exact) mass is 581 g/mol. The maximum atomic E-state index is 11.4. The van der Waals surface area contributed by atoms with Crippen LogP contribution >= 0.6 is 0 Å². The molecule has 0 radical (unpaired) electrons. The summed E-state index contributed by atoms with van der Waals surface area (Å²) in [6.07, 6.45) is 19.3. The van der Waals surface area contributed by atoms with E-state index in [1.807, 2.05) is 12.1 Å². The lowest BCUT2D eigenvalue weighted by Crippen LogP contribution is -2.43. The maximum absolute atomic E-state index is 11.4. The fraction of sp³-hybridized carbons (Fsp3) is 0.432. The van der Waals surface area contributed by atoms with Gasteiger partial charge < -0.3 is 24.2 Å². The Morgan fingerprint density at radius 2 is 1.93 bits per heavy atom. The number of carboxylic acid groups (broad SMARTS) is 1. The summed E-state index contributed by atoms with van der Waals surface area (Å²) in [6.45, 7) is 5.58. The topological polar surface area (TPSA) is 68.2 Å². The third-order valence-corrected chi connectivity index (χ3v) is 9.06. The van der Waals surface area contributed by atoms with Crippen LogP contribution in [0.4, 0.5) is 5.69 Å². The molecule has 43 heavy (non-hydrogen) atoms. The second-order valence-corrected chi connectivity index (χ2v) is 12.3. The molecule has 0 aromatic heterocycles. The average Bonchev–Trinajstić information content (AvgIpc) is 3.40. The summed E-state index contributed by atoms with van der Waals surface area (Å²) in [5, 5.41) is 9.33. The van der Waals surface area contributed by atoms with Gasteiger partial charge in [0.25, 0.3) is 0 Å². The molecule has 1 fully saturated rings. The van der Waals surface area contributed by atoms with Gasteiger partial charge >= 0.3 is 5.97 Å². The van der Waals surface area contributed by atoms with Crippen LogP contribution in [0, 0.1) is 6.92 Å². The number of allylic oxidation sites excluding steroid dienone is 5. The Labute approximate surface area is 255 Å². The minimum Gasteiger partial charge on any atom is -0.478 e. The van der Waals surface area contributed by atoms with E-state index in [2.05, 4.69) is 66.5 Å². The zero-order chi connectivity index (χ0) is 29.6. The Hall–Kier alpha value is -3.45. The number of carbonyl (C=O) groups is 1. The van der Waals surface area contributed by atoms with Gasteiger partial charge in [0.05, 0.1) is 43.7 Å². The van der Waals surface area contributed by atoms with Gasteiger partial charge in [-0.3, -0.25) is 0 Å². The number of hydrogen-bond acceptors (Lipinski definition) is 5. The van der Waals surface area contributed by atoms with Crippen LogP contribution < -0.4 is 4.90 Å². The Morgan fingerprint density at radius 1 is 1.05 bits per heavy atom. The number of para-hydroxylation sites is 1. The number of aromatic carboxylic acids is 1. The number of aryl methyl sites for hydroxylation is 1. The largest absolute Gasteiger partial charge is 0.478 e. The van der Waals surface area contributed by atoms with E-state index >= 15 is 0 Å². The summed E-state index contributed by atoms with van der Waals surface area (Å²) >= 11 is 0. The fourth-order valence-corrected chi connectivity index (χ4v) is 6.86. The molecule has 4 atom stereocenters. The van der Waals surface area contributed by atoms with Crippen molar-refractivity contribution in [1.29, 1.82) is 0 Å². The normalized spacial score (nSPS) is 24.9. The van der Waals surface area contributed by atoms with E-state index in [9.17, 15) is 9.90 Å². The standard InChI is InChI=1S/C37H43NO5/c1-26-9-8-14-33-34(22-38(36(26)33)21-27-15-17-30(18-16-27)37(39)40)35-20-31(42-24-29-12-6-3-7-13-29)19-32(43-35)25-41-23-28-10-4-2-5-11-28/h3-4,6,8-12,14-18,31-32,34-35H,2,5,7,13,19-25H2,1H3,(H,39,40)/t31-,32-,34?,35+/m0/s1. The fourth-order valence-electron chi connectivity index (χ4n) is 6.86. The third-order valence-electron chi connectivity index (χ3n) is 9.06. The van der Waals surface area contributed by atoms with E-state index in [0.29, 0.717) is 25.4 Å². The molecule has 0 bridgehead atoms. The van der Waals surface area contributed by atoms with Crippen molar-refractivity contribution in [1.82, 2.24) is 0 Å². The van der Waals surface area contributed by atoms with Crippen LogP contribution in [0.5, 0.6) is 0 Å². The highest BCUT2D eigenvalue weighted by molar-refractivity contribution is 5.87. The number of ether oxygens (including phenoxy) is 3. The van der Waals surface area contributed by atoms with Gasteiger partial charge in [-0.25, -0.2) is 4.79 Å². The molecule has 0 saturated carbocycles. The molecule has 1 saturated heterocycles. The Kier molecular flexibility index (Phi) is 9.57. The number of nitrogens with zero attached hydrogens (tertiary/aromatic N) is 1. The first-order chi connectivity index (χ1) is 21.0. The summed E-state index contributed by atoms with van der Waals surface area (Å²) in [4.78, 5) is 13.8. The van der Waals surface area contributed by atoms with Gasteiger partial charge in [-0.1, -0.05) is 66.8 Å². The number of fused-ring (bicyclic) bond motifs is 1. The van der Waals surface area contributed by atoms with E-state index in [0.717, 1.165) is 57.2 Å². The molecule has 1 unspecified atom stereocenters. The molecule has 2 aromatic rings. The van der Waals surface area contributed by atoms with Crippen LogP contribution in [0.3, 0.4) is 0 Å². The lowest BCUT2D eigenvalue weighted by atomic mass is 9.87. The molecule has 4 aliphatic rings. The predicted octanol–water partition coefficient (Wildman–Crippen LogP) is 7.30. The zero-order valence-corrected chi connectivity index (χ0v) is 25.1. The van der Waals surface area contributed by atoms with E-state index < -0.39 is 5.97 Å². The smallest absolute Gasteiger partial charge is 0.335 e. The number of benzene rings is 2. The number of hydrogen-bond donors (Lipinski definition) is 1. The van der Waals surface area contributed by atoms with Gasteiger partial charge in [0.2, 0.25) is 0 Å². The summed E-state index contributed by atoms with van der Waals surface area (Å²) < 4.78 is 19.6. The minimum absolute atomic E-state index is 0.0151. The Morgan fingerprint density at radius 3 is 2.70 bits per heavy atom. The highest BCUT2D eigenvalue weighted by Gasteiger charge is 2.41. The van der Waals surface area contributed by atoms with E-state index in [1.165, 1.54) is 28.0 Å². The van der Waals surface area contributed by atoms with Gasteiger partial charge in [-0.05, 0) is 72.6 Å². The molecule has 6 nitrogen and oxygen atoms in total. The first-order valence-electron chi connectivity index (χ1n) is 15.7. The molecule has 0 amide bonds. The molecule has 1 N–H and O–H groups in total. The first-order valence-corrected chi connectivity index (χ1v) is 15.7. The van der Waals surface area contributed by atoms with Crippen molar-refractivity contribution in [2.75, 3.05) is 31.3 Å². The van der Waals surface area contributed by atoms with Crippen LogP contribution in [0.2, 0.25) is 0 Å². The van der Waals surface area contributed by atoms with Crippen molar-refractivity contribution >= 4 is 11.7 Å². The molecule has 2 heterocycles. The van der Waals surface area contributed by atoms with Crippen molar-refractivity contribution in [2.45, 2.75) is 76.2 Å². The molecule has 6 rings (SSSR count). The Balaban J connectivity index is 1.18. The summed E-state index contributed by atoms with van der Waals surface area (Å²) in [5.74, 6) is -0.690. The van der Waals surface area contributed by atoms with Gasteiger partial charge in [0.15, 0.2) is 0 Å². The van der Waals surface area contributed by atoms with Crippen molar-refractivity contribution in [3.8, 4) is 0 Å². The van der Waals surface area contributed by atoms with E-state index in [-0.39, 0.29) is 24.2 Å². The van der Waals surface area contributed by atoms with Crippen LogP contribution in [0.1, 0.15) is 71.5 Å². The van der Waals surface area contributed by atoms with Gasteiger partial charge in [-0.2, -0.15) is 0 Å². The van der Waals surface area contributed by atoms with E-state index in [4.69, 9.17) is 14.2 Å². The molecule has 226 valence electrons. The third kappa shape index (κ3) is 7.38. The van der Waals surface area contributed by atoms with E-state index in [1.54, 1.807) is 12.1 Å². The van der Waals surface area contributed by atoms with Gasteiger partial charge in [-0.15, -0.1) is 0 Å². The quantitative estimate of drug-likeness (QED) is 0.300. The second-order valence-electron chi connectivity index (χ2n) is 12.3. The highest BCUT2D eigenvalue weighted by Crippen LogP contribution is 2.44. The van der Waals surface area contributed by atoms with Crippen LogP contribution in [0.15, 0.2) is 90.1 Å².